The first-order chi connectivity index (χ1) is 24.5. The average molecular weight is 742 g/mol. The van der Waals surface area contributed by atoms with Gasteiger partial charge >= 0.3 is 11.9 Å². The molecular formula is C39H59N5O7S. The summed E-state index contributed by atoms with van der Waals surface area (Å²) in [5.41, 5.74) is 0.488. The number of aromatic nitrogens is 1. The Morgan fingerprint density at radius 3 is 2.29 bits per heavy atom. The number of methoxy groups -OCH3 is 1. The molecule has 3 rings (SSSR count). The van der Waals surface area contributed by atoms with E-state index in [-0.39, 0.29) is 53.8 Å². The Kier molecular flexibility index (Phi) is 15.8. The van der Waals surface area contributed by atoms with E-state index in [2.05, 4.69) is 15.6 Å². The smallest absolute Gasteiger partial charge is 0.308 e. The van der Waals surface area contributed by atoms with Gasteiger partial charge in [-0.3, -0.25) is 28.9 Å². The van der Waals surface area contributed by atoms with Crippen LogP contribution in [0.15, 0.2) is 35.7 Å². The van der Waals surface area contributed by atoms with Gasteiger partial charge in [0.25, 0.3) is 5.91 Å². The van der Waals surface area contributed by atoms with Gasteiger partial charge in [-0.25, -0.2) is 4.98 Å². The second kappa shape index (κ2) is 19.3. The van der Waals surface area contributed by atoms with Crippen molar-refractivity contribution in [3.8, 4) is 0 Å². The van der Waals surface area contributed by atoms with Gasteiger partial charge < -0.3 is 25.0 Å². The van der Waals surface area contributed by atoms with Crippen molar-refractivity contribution in [2.75, 3.05) is 27.7 Å². The number of likely N-dealkylation sites (tertiary alicyclic amines) is 1. The number of hydrogen-bond acceptors (Lipinski definition) is 10. The number of amides is 3. The number of nitrogens with zero attached hydrogens (tertiary/aromatic N) is 3. The lowest BCUT2D eigenvalue weighted by Gasteiger charge is -2.38. The third kappa shape index (κ3) is 11.1. The topological polar surface area (TPSA) is 147 Å². The highest BCUT2D eigenvalue weighted by Gasteiger charge is 2.44. The maximum absolute atomic E-state index is 14.2. The Labute approximate surface area is 313 Å². The van der Waals surface area contributed by atoms with Crippen LogP contribution < -0.4 is 10.6 Å². The zero-order chi connectivity index (χ0) is 38.7. The predicted molar refractivity (Wildman–Crippen MR) is 201 cm³/mol. The molecule has 6 unspecified atom stereocenters. The third-order valence-electron chi connectivity index (χ3n) is 10.6. The molecule has 1 aromatic heterocycles. The fourth-order valence-corrected chi connectivity index (χ4v) is 7.70. The van der Waals surface area contributed by atoms with Gasteiger partial charge in [0, 0.05) is 37.9 Å². The van der Waals surface area contributed by atoms with E-state index in [0.717, 1.165) is 24.9 Å². The quantitative estimate of drug-likeness (QED) is 0.198. The molecule has 0 radical (unpaired) electrons. The summed E-state index contributed by atoms with van der Waals surface area (Å²) in [6.45, 7) is 13.8. The normalized spacial score (nSPS) is 19.5. The summed E-state index contributed by atoms with van der Waals surface area (Å²) >= 11 is 1.20. The first-order valence-corrected chi connectivity index (χ1v) is 19.2. The molecular weight excluding hydrogens is 683 g/mol. The number of carbonyl (C=O) groups is 5. The Morgan fingerprint density at radius 2 is 1.73 bits per heavy atom. The molecule has 0 aliphatic carbocycles. The molecule has 2 heterocycles. The van der Waals surface area contributed by atoms with E-state index in [1.165, 1.54) is 25.4 Å². The number of carbonyl (C=O) groups excluding carboxylic acids is 5. The first-order valence-electron chi connectivity index (χ1n) is 18.4. The first kappa shape index (κ1) is 42.6. The van der Waals surface area contributed by atoms with Crippen LogP contribution in [0.1, 0.15) is 108 Å². The van der Waals surface area contributed by atoms with Crippen molar-refractivity contribution in [2.24, 2.45) is 17.8 Å². The maximum atomic E-state index is 14.2. The minimum atomic E-state index is -0.825. The molecule has 288 valence electrons. The minimum Gasteiger partial charge on any atom is -0.469 e. The van der Waals surface area contributed by atoms with Crippen LogP contribution in [-0.4, -0.2) is 95.9 Å². The molecule has 1 aliphatic rings. The Hall–Kier alpha value is -3.84. The highest BCUT2D eigenvalue weighted by molar-refractivity contribution is 7.09. The standard InChI is InChI=1S/C39H59N5O7S/c1-11-25(4)33(42-38(49)39(7)18-15-19-43(39)8)36(47)44(9)31(24(2)3)22-32(51-27(6)45)35-41-30(23-52-35)34(46)40-29(20-26(5)37(48)50-10)21-28-16-13-12-14-17-28/h12-14,16-17,23-26,29,31-33H,11,15,18-22H2,1-10H3,(H,40,46)(H,42,49)/t25?,26?,29?,31?,32?,33?,39-/m1/s1. The number of thiazole rings is 1. The van der Waals surface area contributed by atoms with E-state index in [1.54, 1.807) is 24.3 Å². The lowest BCUT2D eigenvalue weighted by molar-refractivity contribution is -0.149. The van der Waals surface area contributed by atoms with Crippen LogP contribution in [0, 0.1) is 17.8 Å². The lowest BCUT2D eigenvalue weighted by atomic mass is 9.91. The monoisotopic (exact) mass is 741 g/mol. The highest BCUT2D eigenvalue weighted by Crippen LogP contribution is 2.32. The molecule has 7 atom stereocenters. The van der Waals surface area contributed by atoms with Gasteiger partial charge in [0.1, 0.15) is 16.7 Å². The number of likely N-dealkylation sites (N-methyl/N-ethyl adjacent to an activating group) is 2. The molecule has 1 saturated heterocycles. The number of benzene rings is 1. The average Bonchev–Trinajstić information content (AvgIpc) is 3.74. The molecule has 2 aromatic rings. The van der Waals surface area contributed by atoms with Crippen LogP contribution in [0.4, 0.5) is 0 Å². The number of rotatable bonds is 18. The largest absolute Gasteiger partial charge is 0.469 e. The lowest BCUT2D eigenvalue weighted by Crippen LogP contribution is -2.60. The van der Waals surface area contributed by atoms with Crippen molar-refractivity contribution in [3.05, 3.63) is 52.0 Å². The van der Waals surface area contributed by atoms with Crippen molar-refractivity contribution in [3.63, 3.8) is 0 Å². The van der Waals surface area contributed by atoms with E-state index in [0.29, 0.717) is 24.3 Å². The number of nitrogens with one attached hydrogen (secondary N) is 2. The molecule has 13 heteroatoms. The van der Waals surface area contributed by atoms with Crippen LogP contribution in [0.5, 0.6) is 0 Å². The number of esters is 2. The summed E-state index contributed by atoms with van der Waals surface area (Å²) in [5.74, 6) is -2.25. The van der Waals surface area contributed by atoms with Gasteiger partial charge in [-0.2, -0.15) is 0 Å². The van der Waals surface area contributed by atoms with Crippen molar-refractivity contribution in [1.29, 1.82) is 0 Å². The van der Waals surface area contributed by atoms with Crippen LogP contribution in [0.25, 0.3) is 0 Å². The summed E-state index contributed by atoms with van der Waals surface area (Å²) < 4.78 is 10.7. The van der Waals surface area contributed by atoms with E-state index >= 15 is 0 Å². The van der Waals surface area contributed by atoms with Gasteiger partial charge in [0.05, 0.1) is 18.6 Å². The van der Waals surface area contributed by atoms with Gasteiger partial charge in [-0.1, -0.05) is 71.4 Å². The second-order valence-electron chi connectivity index (χ2n) is 14.8. The highest BCUT2D eigenvalue weighted by atomic mass is 32.1. The number of hydrogen-bond donors (Lipinski definition) is 2. The Bertz CT molecular complexity index is 1520. The van der Waals surface area contributed by atoms with Crippen molar-refractivity contribution in [2.45, 2.75) is 117 Å². The summed E-state index contributed by atoms with van der Waals surface area (Å²) in [6.07, 6.45) is 2.61. The molecule has 0 saturated carbocycles. The molecule has 0 bridgehead atoms. The van der Waals surface area contributed by atoms with Gasteiger partial charge in [0.2, 0.25) is 11.8 Å². The van der Waals surface area contributed by atoms with Crippen LogP contribution >= 0.6 is 11.3 Å². The van der Waals surface area contributed by atoms with Gasteiger partial charge in [-0.05, 0) is 63.6 Å². The molecule has 2 N–H and O–H groups in total. The molecule has 1 aromatic carbocycles. The molecule has 1 aliphatic heterocycles. The van der Waals surface area contributed by atoms with Crippen LogP contribution in [0.2, 0.25) is 0 Å². The zero-order valence-corrected chi connectivity index (χ0v) is 33.4. The van der Waals surface area contributed by atoms with E-state index < -0.39 is 35.5 Å². The zero-order valence-electron chi connectivity index (χ0n) is 32.6. The van der Waals surface area contributed by atoms with Crippen molar-refractivity contribution < 1.29 is 33.4 Å². The van der Waals surface area contributed by atoms with Crippen LogP contribution in [-0.2, 0) is 35.1 Å². The van der Waals surface area contributed by atoms with Crippen molar-refractivity contribution >= 4 is 41.0 Å². The Balaban J connectivity index is 1.83. The molecule has 52 heavy (non-hydrogen) atoms. The van der Waals surface area contributed by atoms with Crippen LogP contribution in [0.3, 0.4) is 0 Å². The molecule has 12 nitrogen and oxygen atoms in total. The summed E-state index contributed by atoms with van der Waals surface area (Å²) in [4.78, 5) is 74.3. The summed E-state index contributed by atoms with van der Waals surface area (Å²) in [5, 5.41) is 8.20. The SMILES string of the molecule is CCC(C)C(NC(=O)[C@@]1(C)CCCN1C)C(=O)N(C)C(CC(OC(C)=O)c1nc(C(=O)NC(Cc2ccccc2)CC(C)C(=O)OC)cs1)C(C)C. The fourth-order valence-electron chi connectivity index (χ4n) is 6.86. The summed E-state index contributed by atoms with van der Waals surface area (Å²) in [7, 11) is 5.01. The van der Waals surface area contributed by atoms with Gasteiger partial charge in [0.15, 0.2) is 6.10 Å². The Morgan fingerprint density at radius 1 is 1.06 bits per heavy atom. The number of ether oxygens (including phenoxy) is 2. The third-order valence-corrected chi connectivity index (χ3v) is 11.5. The van der Waals surface area contributed by atoms with E-state index in [9.17, 15) is 24.0 Å². The molecule has 1 fully saturated rings. The molecule has 0 spiro atoms. The van der Waals surface area contributed by atoms with E-state index in [1.807, 2.05) is 76.9 Å². The minimum absolute atomic E-state index is 0.0444. The van der Waals surface area contributed by atoms with E-state index in [4.69, 9.17) is 9.47 Å². The molecule has 3 amide bonds. The maximum Gasteiger partial charge on any atom is 0.308 e. The fraction of sp³-hybridized carbons (Fsp3) is 0.641. The summed E-state index contributed by atoms with van der Waals surface area (Å²) in [6, 6.07) is 8.19. The second-order valence-corrected chi connectivity index (χ2v) is 15.7. The van der Waals surface area contributed by atoms with Crippen molar-refractivity contribution in [1.82, 2.24) is 25.4 Å². The van der Waals surface area contributed by atoms with Gasteiger partial charge in [-0.15, -0.1) is 11.3 Å². The predicted octanol–water partition coefficient (Wildman–Crippen LogP) is 5.18.